The van der Waals surface area contributed by atoms with E-state index in [0.717, 1.165) is 28.1 Å². The van der Waals surface area contributed by atoms with Gasteiger partial charge in [-0.2, -0.15) is 0 Å². The molecule has 0 spiro atoms. The lowest BCUT2D eigenvalue weighted by atomic mass is 9.86. The van der Waals surface area contributed by atoms with Crippen LogP contribution in [-0.2, 0) is 10.3 Å². The van der Waals surface area contributed by atoms with Crippen molar-refractivity contribution in [3.05, 3.63) is 58.9 Å². The Labute approximate surface area is 162 Å². The van der Waals surface area contributed by atoms with Gasteiger partial charge in [0.05, 0.1) is 28.0 Å². The number of amides is 1. The van der Waals surface area contributed by atoms with Gasteiger partial charge in [0.15, 0.2) is 5.96 Å². The predicted octanol–water partition coefficient (Wildman–Crippen LogP) is 3.59. The third-order valence-corrected chi connectivity index (χ3v) is 5.45. The van der Waals surface area contributed by atoms with Crippen LogP contribution in [0, 0.1) is 12.3 Å². The molecule has 0 saturated carbocycles. The van der Waals surface area contributed by atoms with Crippen LogP contribution in [0.15, 0.2) is 42.5 Å². The molecule has 6 nitrogen and oxygen atoms in total. The molecule has 0 bridgehead atoms. The Kier molecular flexibility index (Phi) is 3.96. The second-order valence-corrected chi connectivity index (χ2v) is 7.49. The minimum absolute atomic E-state index is 0.0843. The van der Waals surface area contributed by atoms with Gasteiger partial charge in [-0.15, -0.1) is 0 Å². The minimum atomic E-state index is -0.648. The molecule has 2 aromatic carbocycles. The van der Waals surface area contributed by atoms with E-state index < -0.39 is 5.54 Å². The molecule has 0 radical (unpaired) electrons. The number of hydrogen-bond donors (Lipinski definition) is 2. The van der Waals surface area contributed by atoms with Crippen LogP contribution in [0.5, 0.6) is 0 Å². The zero-order valence-electron chi connectivity index (χ0n) is 15.4. The van der Waals surface area contributed by atoms with E-state index in [1.165, 1.54) is 4.90 Å². The van der Waals surface area contributed by atoms with E-state index in [9.17, 15) is 4.79 Å². The summed E-state index contributed by atoms with van der Waals surface area (Å²) in [4.78, 5) is 18.2. The molecule has 0 aliphatic carbocycles. The van der Waals surface area contributed by atoms with Gasteiger partial charge in [0.25, 0.3) is 0 Å². The standard InChI is InChI=1S/C20H20ClN5O/c1-12-23-16-9-5-8-15(21)18(16)26(12)14-7-4-6-13(10-14)20(2)11-17(27)25(3)19(22)24-20/h4-10H,11H2,1-3H3,(H2,22,24)/t20-/m0/s1. The summed E-state index contributed by atoms with van der Waals surface area (Å²) in [5.74, 6) is 0.853. The van der Waals surface area contributed by atoms with E-state index >= 15 is 0 Å². The van der Waals surface area contributed by atoms with Crippen LogP contribution < -0.4 is 5.32 Å². The van der Waals surface area contributed by atoms with Crippen LogP contribution >= 0.6 is 11.6 Å². The molecular formula is C20H20ClN5O. The number of guanidine groups is 1. The fourth-order valence-corrected chi connectivity index (χ4v) is 3.87. The number of nitrogens with zero attached hydrogens (tertiary/aromatic N) is 3. The van der Waals surface area contributed by atoms with Crippen LogP contribution in [0.1, 0.15) is 24.7 Å². The number of halogens is 1. The van der Waals surface area contributed by atoms with Crippen molar-refractivity contribution >= 4 is 34.5 Å². The molecule has 4 rings (SSSR count). The molecule has 2 N–H and O–H groups in total. The zero-order valence-corrected chi connectivity index (χ0v) is 16.1. The number of benzene rings is 2. The summed E-state index contributed by atoms with van der Waals surface area (Å²) in [5, 5.41) is 11.9. The highest BCUT2D eigenvalue weighted by molar-refractivity contribution is 6.35. The fraction of sp³-hybridized carbons (Fsp3) is 0.250. The maximum atomic E-state index is 12.3. The quantitative estimate of drug-likeness (QED) is 0.712. The van der Waals surface area contributed by atoms with E-state index in [0.29, 0.717) is 5.02 Å². The lowest BCUT2D eigenvalue weighted by Crippen LogP contribution is -2.58. The maximum Gasteiger partial charge on any atom is 0.231 e. The van der Waals surface area contributed by atoms with Crippen molar-refractivity contribution in [1.82, 2.24) is 19.8 Å². The predicted molar refractivity (Wildman–Crippen MR) is 106 cm³/mol. The van der Waals surface area contributed by atoms with Crippen LogP contribution in [-0.4, -0.2) is 33.4 Å². The van der Waals surface area contributed by atoms with Crippen LogP contribution in [0.3, 0.4) is 0 Å². The van der Waals surface area contributed by atoms with Crippen molar-refractivity contribution < 1.29 is 4.79 Å². The van der Waals surface area contributed by atoms with Gasteiger partial charge < -0.3 is 5.32 Å². The summed E-state index contributed by atoms with van der Waals surface area (Å²) in [7, 11) is 1.61. The maximum absolute atomic E-state index is 12.3. The average molecular weight is 382 g/mol. The zero-order chi connectivity index (χ0) is 19.3. The molecular weight excluding hydrogens is 362 g/mol. The van der Waals surface area contributed by atoms with Crippen LogP contribution in [0.2, 0.25) is 5.02 Å². The summed E-state index contributed by atoms with van der Waals surface area (Å²) in [5.41, 5.74) is 2.90. The van der Waals surface area contributed by atoms with Crippen molar-refractivity contribution in [2.45, 2.75) is 25.8 Å². The van der Waals surface area contributed by atoms with E-state index in [2.05, 4.69) is 10.3 Å². The number of fused-ring (bicyclic) bond motifs is 1. The summed E-state index contributed by atoms with van der Waals surface area (Å²) in [6.07, 6.45) is 0.278. The molecule has 1 aliphatic rings. The normalized spacial score (nSPS) is 20.2. The smallest absolute Gasteiger partial charge is 0.231 e. The number of aromatic nitrogens is 2. The van der Waals surface area contributed by atoms with E-state index in [1.54, 1.807) is 7.05 Å². The van der Waals surface area contributed by atoms with Crippen molar-refractivity contribution in [1.29, 1.82) is 5.41 Å². The lowest BCUT2D eigenvalue weighted by Gasteiger charge is -2.39. The number of nitrogens with one attached hydrogen (secondary N) is 2. The van der Waals surface area contributed by atoms with Gasteiger partial charge in [-0.1, -0.05) is 29.8 Å². The molecule has 138 valence electrons. The first-order valence-corrected chi connectivity index (χ1v) is 9.06. The molecule has 1 aromatic heterocycles. The summed E-state index contributed by atoms with van der Waals surface area (Å²) >= 11 is 6.44. The van der Waals surface area contributed by atoms with Gasteiger partial charge in [-0.3, -0.25) is 19.7 Å². The number of imidazole rings is 1. The third-order valence-electron chi connectivity index (χ3n) is 5.15. The second-order valence-electron chi connectivity index (χ2n) is 7.09. The number of carbonyl (C=O) groups excluding carboxylic acids is 1. The van der Waals surface area contributed by atoms with Crippen molar-refractivity contribution in [2.75, 3.05) is 7.05 Å². The highest BCUT2D eigenvalue weighted by Gasteiger charge is 2.38. The van der Waals surface area contributed by atoms with Gasteiger partial charge in [0.2, 0.25) is 5.91 Å². The Balaban J connectivity index is 1.84. The molecule has 7 heteroatoms. The minimum Gasteiger partial charge on any atom is -0.346 e. The number of para-hydroxylation sites is 1. The van der Waals surface area contributed by atoms with Crippen molar-refractivity contribution in [2.24, 2.45) is 0 Å². The highest BCUT2D eigenvalue weighted by Crippen LogP contribution is 2.32. The Hall–Kier alpha value is -2.86. The summed E-state index contributed by atoms with van der Waals surface area (Å²) < 4.78 is 2.02. The molecule has 1 saturated heterocycles. The first-order chi connectivity index (χ1) is 12.8. The molecule has 2 heterocycles. The molecule has 27 heavy (non-hydrogen) atoms. The average Bonchev–Trinajstić information content (AvgIpc) is 2.97. The lowest BCUT2D eigenvalue weighted by molar-refractivity contribution is -0.129. The number of hydrogen-bond acceptors (Lipinski definition) is 3. The number of rotatable bonds is 2. The number of aryl methyl sites for hydroxylation is 1. The van der Waals surface area contributed by atoms with Crippen molar-refractivity contribution in [3.8, 4) is 5.69 Å². The van der Waals surface area contributed by atoms with Gasteiger partial charge in [0.1, 0.15) is 5.82 Å². The summed E-state index contributed by atoms with van der Waals surface area (Å²) in [6, 6.07) is 13.6. The topological polar surface area (TPSA) is 74.0 Å². The molecule has 0 unspecified atom stereocenters. The molecule has 1 amide bonds. The van der Waals surface area contributed by atoms with Gasteiger partial charge in [-0.25, -0.2) is 4.98 Å². The fourth-order valence-electron chi connectivity index (χ4n) is 3.62. The van der Waals surface area contributed by atoms with Crippen molar-refractivity contribution in [3.63, 3.8) is 0 Å². The first kappa shape index (κ1) is 17.5. The third kappa shape index (κ3) is 2.77. The SMILES string of the molecule is Cc1nc2cccc(Cl)c2n1-c1cccc([C@]2(C)CC(=O)N(C)C(=N)N2)c1. The van der Waals surface area contributed by atoms with Crippen LogP contribution in [0.4, 0.5) is 0 Å². The Bertz CT molecular complexity index is 1070. The summed E-state index contributed by atoms with van der Waals surface area (Å²) in [6.45, 7) is 3.88. The largest absolute Gasteiger partial charge is 0.346 e. The van der Waals surface area contributed by atoms with E-state index in [-0.39, 0.29) is 18.3 Å². The van der Waals surface area contributed by atoms with Crippen LogP contribution in [0.25, 0.3) is 16.7 Å². The van der Waals surface area contributed by atoms with E-state index in [1.807, 2.05) is 60.9 Å². The molecule has 3 aromatic rings. The molecule has 1 atom stereocenters. The Morgan fingerprint density at radius 3 is 2.74 bits per heavy atom. The monoisotopic (exact) mass is 381 g/mol. The van der Waals surface area contributed by atoms with Gasteiger partial charge in [-0.05, 0) is 43.7 Å². The first-order valence-electron chi connectivity index (χ1n) is 8.68. The Morgan fingerprint density at radius 1 is 1.26 bits per heavy atom. The van der Waals surface area contributed by atoms with E-state index in [4.69, 9.17) is 17.0 Å². The second kappa shape index (κ2) is 6.09. The van der Waals surface area contributed by atoms with Gasteiger partial charge in [0, 0.05) is 12.7 Å². The highest BCUT2D eigenvalue weighted by atomic mass is 35.5. The Morgan fingerprint density at radius 2 is 2.00 bits per heavy atom. The molecule has 1 fully saturated rings. The number of carbonyl (C=O) groups is 1. The molecule has 1 aliphatic heterocycles. The van der Waals surface area contributed by atoms with Gasteiger partial charge >= 0.3 is 0 Å².